The summed E-state index contributed by atoms with van der Waals surface area (Å²) >= 11 is 18.9. The highest BCUT2D eigenvalue weighted by atomic mass is 35.5. The maximum absolute atomic E-state index is 12.5. The number of ether oxygens (including phenoxy) is 1. The summed E-state index contributed by atoms with van der Waals surface area (Å²) in [5.74, 6) is -0.106. The van der Waals surface area contributed by atoms with E-state index in [0.29, 0.717) is 33.1 Å². The first-order chi connectivity index (χ1) is 16.4. The number of nitrogens with zero attached hydrogens (tertiary/aromatic N) is 3. The van der Waals surface area contributed by atoms with Gasteiger partial charge in [0.1, 0.15) is 11.3 Å². The van der Waals surface area contributed by atoms with Crippen LogP contribution in [0.25, 0.3) is 10.4 Å². The number of halogens is 2. The molecule has 0 atom stereocenters. The number of hydrogen-bond acceptors (Lipinski definition) is 6. The fourth-order valence-corrected chi connectivity index (χ4v) is 4.71. The second kappa shape index (κ2) is 11.0. The summed E-state index contributed by atoms with van der Waals surface area (Å²) in [5.41, 5.74) is 2.33. The number of anilines is 2. The fourth-order valence-electron chi connectivity index (χ4n) is 3.08. The van der Waals surface area contributed by atoms with Crippen molar-refractivity contribution < 1.29 is 9.53 Å². The number of rotatable bonds is 7. The number of carbonyl (C=O) groups is 1. The van der Waals surface area contributed by atoms with Crippen molar-refractivity contribution in [1.29, 1.82) is 0 Å². The highest BCUT2D eigenvalue weighted by Crippen LogP contribution is 2.36. The molecule has 2 N–H and O–H groups in total. The predicted molar refractivity (Wildman–Crippen MR) is 141 cm³/mol. The summed E-state index contributed by atoms with van der Waals surface area (Å²) in [5, 5.41) is 12.2. The standard InChI is InChI=1S/C23H19Cl2N5O2S2/c1-2-32-21(31)16-11-19(15-6-4-3-5-7-15)34-20(16)27-23(33)28-22-26-13-30(29-22)12-14-8-9-17(24)18(25)10-14/h3-11,13H,2,12H2,1H3,(H2,27,28,29,33). The molecule has 0 spiro atoms. The molecule has 0 bridgehead atoms. The average Bonchev–Trinajstić information content (AvgIpc) is 3.44. The van der Waals surface area contributed by atoms with Gasteiger partial charge in [-0.3, -0.25) is 5.32 Å². The van der Waals surface area contributed by atoms with Crippen LogP contribution < -0.4 is 10.6 Å². The fraction of sp³-hybridized carbons (Fsp3) is 0.130. The van der Waals surface area contributed by atoms with E-state index in [9.17, 15) is 4.79 Å². The van der Waals surface area contributed by atoms with Gasteiger partial charge in [0.25, 0.3) is 0 Å². The Balaban J connectivity index is 1.46. The van der Waals surface area contributed by atoms with Crippen molar-refractivity contribution >= 4 is 68.8 Å². The number of thiophene rings is 1. The Morgan fingerprint density at radius 1 is 1.12 bits per heavy atom. The molecule has 0 aliphatic rings. The van der Waals surface area contributed by atoms with Crippen molar-refractivity contribution in [2.24, 2.45) is 0 Å². The summed E-state index contributed by atoms with van der Waals surface area (Å²) < 4.78 is 6.86. The number of thiocarbonyl (C=S) groups is 1. The lowest BCUT2D eigenvalue weighted by Gasteiger charge is -2.08. The van der Waals surface area contributed by atoms with Gasteiger partial charge in [-0.1, -0.05) is 59.6 Å². The lowest BCUT2D eigenvalue weighted by Crippen LogP contribution is -2.21. The van der Waals surface area contributed by atoms with Crippen molar-refractivity contribution in [3.8, 4) is 10.4 Å². The van der Waals surface area contributed by atoms with Crippen LogP contribution in [0.2, 0.25) is 10.0 Å². The topological polar surface area (TPSA) is 81.1 Å². The Labute approximate surface area is 215 Å². The van der Waals surface area contributed by atoms with Gasteiger partial charge in [-0.05, 0) is 48.5 Å². The largest absolute Gasteiger partial charge is 0.462 e. The summed E-state index contributed by atoms with van der Waals surface area (Å²) in [6.07, 6.45) is 1.58. The van der Waals surface area contributed by atoms with Crippen LogP contribution >= 0.6 is 46.8 Å². The van der Waals surface area contributed by atoms with Crippen LogP contribution in [0.4, 0.5) is 10.9 Å². The number of esters is 1. The van der Waals surface area contributed by atoms with E-state index in [-0.39, 0.29) is 11.7 Å². The summed E-state index contributed by atoms with van der Waals surface area (Å²) in [7, 11) is 0. The Morgan fingerprint density at radius 2 is 1.91 bits per heavy atom. The SMILES string of the molecule is CCOC(=O)c1cc(-c2ccccc2)sc1NC(=S)Nc1ncn(Cc2ccc(Cl)c(Cl)c2)n1. The van der Waals surface area contributed by atoms with E-state index in [4.69, 9.17) is 40.2 Å². The smallest absolute Gasteiger partial charge is 0.341 e. The molecular weight excluding hydrogens is 513 g/mol. The van der Waals surface area contributed by atoms with Gasteiger partial charge in [-0.25, -0.2) is 14.5 Å². The van der Waals surface area contributed by atoms with E-state index in [2.05, 4.69) is 20.7 Å². The zero-order valence-corrected chi connectivity index (χ0v) is 21.1. The first kappa shape index (κ1) is 24.2. The molecule has 0 radical (unpaired) electrons. The monoisotopic (exact) mass is 531 g/mol. The molecule has 4 rings (SSSR count). The second-order valence-corrected chi connectivity index (χ2v) is 9.31. The molecule has 174 valence electrons. The maximum Gasteiger partial charge on any atom is 0.341 e. The minimum atomic E-state index is -0.421. The molecule has 0 aliphatic carbocycles. The molecule has 11 heteroatoms. The lowest BCUT2D eigenvalue weighted by atomic mass is 10.1. The highest BCUT2D eigenvalue weighted by molar-refractivity contribution is 7.80. The first-order valence-corrected chi connectivity index (χ1v) is 12.2. The average molecular weight is 532 g/mol. The third-order valence-electron chi connectivity index (χ3n) is 4.60. The number of hydrogen-bond donors (Lipinski definition) is 2. The molecule has 2 aromatic carbocycles. The minimum absolute atomic E-state index is 0.249. The van der Waals surface area contributed by atoms with Gasteiger partial charge in [0.2, 0.25) is 5.95 Å². The normalized spacial score (nSPS) is 10.7. The zero-order valence-electron chi connectivity index (χ0n) is 17.9. The molecule has 7 nitrogen and oxygen atoms in total. The second-order valence-electron chi connectivity index (χ2n) is 7.03. The van der Waals surface area contributed by atoms with E-state index in [1.807, 2.05) is 36.4 Å². The third-order valence-corrected chi connectivity index (χ3v) is 6.65. The van der Waals surface area contributed by atoms with Crippen LogP contribution in [0.5, 0.6) is 0 Å². The van der Waals surface area contributed by atoms with Gasteiger partial charge in [0.05, 0.1) is 28.8 Å². The molecule has 0 saturated carbocycles. The van der Waals surface area contributed by atoms with Gasteiger partial charge in [-0.2, -0.15) is 0 Å². The predicted octanol–water partition coefficient (Wildman–Crippen LogP) is 6.35. The molecule has 0 amide bonds. The van der Waals surface area contributed by atoms with Crippen LogP contribution in [0.1, 0.15) is 22.8 Å². The molecule has 0 fully saturated rings. The molecule has 2 heterocycles. The van der Waals surface area contributed by atoms with Gasteiger partial charge < -0.3 is 10.1 Å². The number of benzene rings is 2. The summed E-state index contributed by atoms with van der Waals surface area (Å²) in [4.78, 5) is 17.7. The highest BCUT2D eigenvalue weighted by Gasteiger charge is 2.19. The minimum Gasteiger partial charge on any atom is -0.462 e. The van der Waals surface area contributed by atoms with Crippen LogP contribution in [-0.2, 0) is 11.3 Å². The molecule has 0 saturated heterocycles. The van der Waals surface area contributed by atoms with Crippen LogP contribution in [0, 0.1) is 0 Å². The van der Waals surface area contributed by atoms with Crippen molar-refractivity contribution in [2.75, 3.05) is 17.2 Å². The van der Waals surface area contributed by atoms with E-state index in [1.54, 1.807) is 36.1 Å². The van der Waals surface area contributed by atoms with E-state index in [1.165, 1.54) is 11.3 Å². The van der Waals surface area contributed by atoms with Gasteiger partial charge in [0, 0.05) is 4.88 Å². The number of aromatic nitrogens is 3. The summed E-state index contributed by atoms with van der Waals surface area (Å²) in [6, 6.07) is 17.0. The van der Waals surface area contributed by atoms with Crippen LogP contribution in [-0.4, -0.2) is 32.5 Å². The van der Waals surface area contributed by atoms with Crippen molar-refractivity contribution in [1.82, 2.24) is 14.8 Å². The van der Waals surface area contributed by atoms with Gasteiger partial charge in [-0.15, -0.1) is 16.4 Å². The third kappa shape index (κ3) is 5.92. The Hall–Kier alpha value is -2.98. The Morgan fingerprint density at radius 3 is 2.65 bits per heavy atom. The van der Waals surface area contributed by atoms with E-state index in [0.717, 1.165) is 16.0 Å². The molecule has 2 aromatic heterocycles. The number of nitrogens with one attached hydrogen (secondary N) is 2. The zero-order chi connectivity index (χ0) is 24.1. The molecule has 4 aromatic rings. The van der Waals surface area contributed by atoms with E-state index >= 15 is 0 Å². The molecule has 0 unspecified atom stereocenters. The maximum atomic E-state index is 12.5. The summed E-state index contributed by atoms with van der Waals surface area (Å²) in [6.45, 7) is 2.50. The van der Waals surface area contributed by atoms with Gasteiger partial charge >= 0.3 is 5.97 Å². The molecular formula is C23H19Cl2N5O2S2. The van der Waals surface area contributed by atoms with E-state index < -0.39 is 5.97 Å². The van der Waals surface area contributed by atoms with Crippen molar-refractivity contribution in [2.45, 2.75) is 13.5 Å². The van der Waals surface area contributed by atoms with Crippen LogP contribution in [0.15, 0.2) is 60.9 Å². The van der Waals surface area contributed by atoms with Crippen molar-refractivity contribution in [3.63, 3.8) is 0 Å². The van der Waals surface area contributed by atoms with Gasteiger partial charge in [0.15, 0.2) is 5.11 Å². The lowest BCUT2D eigenvalue weighted by molar-refractivity contribution is 0.0528. The van der Waals surface area contributed by atoms with Crippen molar-refractivity contribution in [3.05, 3.63) is 82.1 Å². The number of carbonyl (C=O) groups excluding carboxylic acids is 1. The first-order valence-electron chi connectivity index (χ1n) is 10.2. The molecule has 34 heavy (non-hydrogen) atoms. The Bertz CT molecular complexity index is 1320. The van der Waals surface area contributed by atoms with Crippen LogP contribution in [0.3, 0.4) is 0 Å². The Kier molecular flexibility index (Phi) is 7.79. The molecule has 0 aliphatic heterocycles. The quantitative estimate of drug-likeness (QED) is 0.212.